The SMILES string of the molecule is CCCCCC(=O)N1[C@@H](c2ccccc2)[C@@H](CO)C[C@]12CCCCN(CCOC)C2=O. The predicted molar refractivity (Wildman–Crippen MR) is 120 cm³/mol. The number of hydrogen-bond acceptors (Lipinski definition) is 4. The summed E-state index contributed by atoms with van der Waals surface area (Å²) in [7, 11) is 1.64. The van der Waals surface area contributed by atoms with Crippen LogP contribution in [-0.4, -0.2) is 65.7 Å². The number of aliphatic hydroxyl groups is 1. The first-order valence-electron chi connectivity index (χ1n) is 11.8. The monoisotopic (exact) mass is 430 g/mol. The lowest BCUT2D eigenvalue weighted by molar-refractivity contribution is -0.153. The van der Waals surface area contributed by atoms with Crippen molar-refractivity contribution in [1.82, 2.24) is 9.80 Å². The molecule has 0 bridgehead atoms. The van der Waals surface area contributed by atoms with Crippen LogP contribution in [0.15, 0.2) is 30.3 Å². The molecule has 1 spiro atoms. The second-order valence-corrected chi connectivity index (χ2v) is 9.00. The summed E-state index contributed by atoms with van der Waals surface area (Å²) in [6, 6.07) is 9.65. The molecule has 1 aromatic rings. The van der Waals surface area contributed by atoms with Crippen molar-refractivity contribution in [1.29, 1.82) is 0 Å². The molecule has 3 atom stereocenters. The van der Waals surface area contributed by atoms with E-state index in [2.05, 4.69) is 6.92 Å². The number of unbranched alkanes of at least 4 members (excludes halogenated alkanes) is 2. The maximum absolute atomic E-state index is 14.0. The van der Waals surface area contributed by atoms with Crippen molar-refractivity contribution in [2.24, 2.45) is 5.92 Å². The zero-order valence-electron chi connectivity index (χ0n) is 19.1. The zero-order valence-corrected chi connectivity index (χ0v) is 19.1. The third kappa shape index (κ3) is 4.96. The topological polar surface area (TPSA) is 70.1 Å². The van der Waals surface area contributed by atoms with Gasteiger partial charge in [-0.05, 0) is 37.7 Å². The molecule has 1 aromatic carbocycles. The van der Waals surface area contributed by atoms with E-state index in [1.54, 1.807) is 7.11 Å². The third-order valence-corrected chi connectivity index (χ3v) is 6.94. The van der Waals surface area contributed by atoms with Crippen LogP contribution in [0.1, 0.15) is 69.9 Å². The fraction of sp³-hybridized carbons (Fsp3) is 0.680. The van der Waals surface area contributed by atoms with Crippen LogP contribution in [0, 0.1) is 5.92 Å². The van der Waals surface area contributed by atoms with Crippen LogP contribution < -0.4 is 0 Å². The Kier molecular flexibility index (Phi) is 8.50. The highest BCUT2D eigenvalue weighted by Crippen LogP contribution is 2.50. The van der Waals surface area contributed by atoms with Crippen molar-refractivity contribution in [3.8, 4) is 0 Å². The molecule has 2 amide bonds. The van der Waals surface area contributed by atoms with E-state index in [0.29, 0.717) is 39.0 Å². The molecule has 6 heteroatoms. The molecule has 1 N–H and O–H groups in total. The van der Waals surface area contributed by atoms with E-state index >= 15 is 0 Å². The van der Waals surface area contributed by atoms with Gasteiger partial charge >= 0.3 is 0 Å². The molecule has 0 saturated carbocycles. The minimum atomic E-state index is -0.874. The van der Waals surface area contributed by atoms with Gasteiger partial charge in [0.05, 0.1) is 12.6 Å². The van der Waals surface area contributed by atoms with Crippen LogP contribution in [0.4, 0.5) is 0 Å². The molecular formula is C25H38N2O4. The fourth-order valence-corrected chi connectivity index (χ4v) is 5.45. The number of aliphatic hydroxyl groups excluding tert-OH is 1. The summed E-state index contributed by atoms with van der Waals surface area (Å²) in [5.74, 6) is -0.0770. The maximum atomic E-state index is 14.0. The summed E-state index contributed by atoms with van der Waals surface area (Å²) in [5.41, 5.74) is 0.129. The quantitative estimate of drug-likeness (QED) is 0.609. The standard InChI is InChI=1S/C25H38N2O4/c1-3-4-6-13-22(29)27-23(20-11-7-5-8-12-20)21(19-28)18-25(27)14-9-10-15-26(24(25)30)16-17-31-2/h5,7-8,11-12,21,23,28H,3-4,6,9-10,13-19H2,1-2H3/t21-,23+,25+/m1/s1. The average molecular weight is 431 g/mol. The van der Waals surface area contributed by atoms with E-state index in [1.165, 1.54) is 0 Å². The molecule has 2 heterocycles. The molecule has 2 fully saturated rings. The molecule has 31 heavy (non-hydrogen) atoms. The lowest BCUT2D eigenvalue weighted by Gasteiger charge is -2.42. The molecule has 2 aliphatic rings. The lowest BCUT2D eigenvalue weighted by atomic mass is 9.85. The minimum Gasteiger partial charge on any atom is -0.396 e. The molecule has 0 radical (unpaired) electrons. The van der Waals surface area contributed by atoms with Crippen LogP contribution in [0.3, 0.4) is 0 Å². The van der Waals surface area contributed by atoms with Gasteiger partial charge < -0.3 is 19.6 Å². The molecule has 2 saturated heterocycles. The van der Waals surface area contributed by atoms with E-state index in [4.69, 9.17) is 4.74 Å². The van der Waals surface area contributed by atoms with Gasteiger partial charge in [-0.1, -0.05) is 50.1 Å². The Bertz CT molecular complexity index is 725. The van der Waals surface area contributed by atoms with Gasteiger partial charge in [-0.3, -0.25) is 9.59 Å². The van der Waals surface area contributed by atoms with Gasteiger partial charge in [0, 0.05) is 39.1 Å². The zero-order chi connectivity index (χ0) is 22.3. The molecule has 172 valence electrons. The summed E-state index contributed by atoms with van der Waals surface area (Å²) in [6.45, 7) is 3.80. The first kappa shape index (κ1) is 23.7. The Labute approximate surface area is 186 Å². The van der Waals surface area contributed by atoms with Gasteiger partial charge in [0.15, 0.2) is 0 Å². The Morgan fingerprint density at radius 3 is 2.68 bits per heavy atom. The summed E-state index contributed by atoms with van der Waals surface area (Å²) < 4.78 is 5.24. The molecule has 0 aliphatic carbocycles. The number of likely N-dealkylation sites (tertiary alicyclic amines) is 2. The second kappa shape index (κ2) is 11.1. The summed E-state index contributed by atoms with van der Waals surface area (Å²) in [5, 5.41) is 10.3. The first-order chi connectivity index (χ1) is 15.1. The number of benzene rings is 1. The number of carbonyl (C=O) groups excluding carboxylic acids is 2. The molecule has 2 aliphatic heterocycles. The maximum Gasteiger partial charge on any atom is 0.248 e. The van der Waals surface area contributed by atoms with Crippen LogP contribution in [-0.2, 0) is 14.3 Å². The normalized spacial score (nSPS) is 26.5. The third-order valence-electron chi connectivity index (χ3n) is 6.94. The number of ether oxygens (including phenoxy) is 1. The van der Waals surface area contributed by atoms with Crippen molar-refractivity contribution < 1.29 is 19.4 Å². The molecular weight excluding hydrogens is 392 g/mol. The Morgan fingerprint density at radius 1 is 1.23 bits per heavy atom. The molecule has 3 rings (SSSR count). The number of nitrogens with zero attached hydrogens (tertiary/aromatic N) is 2. The Hall–Kier alpha value is -1.92. The predicted octanol–water partition coefficient (Wildman–Crippen LogP) is 3.55. The van der Waals surface area contributed by atoms with Crippen molar-refractivity contribution in [3.05, 3.63) is 35.9 Å². The number of carbonyl (C=O) groups is 2. The largest absolute Gasteiger partial charge is 0.396 e. The van der Waals surface area contributed by atoms with E-state index in [-0.39, 0.29) is 30.4 Å². The summed E-state index contributed by atoms with van der Waals surface area (Å²) >= 11 is 0. The Balaban J connectivity index is 2.03. The molecule has 6 nitrogen and oxygen atoms in total. The van der Waals surface area contributed by atoms with E-state index in [0.717, 1.165) is 37.7 Å². The van der Waals surface area contributed by atoms with Gasteiger partial charge in [-0.25, -0.2) is 0 Å². The molecule has 0 unspecified atom stereocenters. The van der Waals surface area contributed by atoms with E-state index in [9.17, 15) is 14.7 Å². The van der Waals surface area contributed by atoms with Crippen LogP contribution >= 0.6 is 0 Å². The summed E-state index contributed by atoms with van der Waals surface area (Å²) in [4.78, 5) is 31.4. The second-order valence-electron chi connectivity index (χ2n) is 9.00. The fourth-order valence-electron chi connectivity index (χ4n) is 5.45. The highest BCUT2D eigenvalue weighted by atomic mass is 16.5. The van der Waals surface area contributed by atoms with Gasteiger partial charge in [0.1, 0.15) is 5.54 Å². The van der Waals surface area contributed by atoms with Gasteiger partial charge in [0.2, 0.25) is 11.8 Å². The van der Waals surface area contributed by atoms with Gasteiger partial charge in [0.25, 0.3) is 0 Å². The van der Waals surface area contributed by atoms with Crippen molar-refractivity contribution in [2.75, 3.05) is 33.4 Å². The first-order valence-corrected chi connectivity index (χ1v) is 11.8. The number of rotatable bonds is 9. The minimum absolute atomic E-state index is 0.0303. The van der Waals surface area contributed by atoms with Gasteiger partial charge in [-0.15, -0.1) is 0 Å². The lowest BCUT2D eigenvalue weighted by Crippen LogP contribution is -2.58. The van der Waals surface area contributed by atoms with E-state index in [1.807, 2.05) is 40.1 Å². The highest BCUT2D eigenvalue weighted by Gasteiger charge is 2.58. The number of amides is 2. The average Bonchev–Trinajstić information content (AvgIpc) is 3.06. The molecule has 0 aromatic heterocycles. The van der Waals surface area contributed by atoms with E-state index < -0.39 is 5.54 Å². The number of hydrogen-bond donors (Lipinski definition) is 1. The van der Waals surface area contributed by atoms with Crippen molar-refractivity contribution in [3.63, 3.8) is 0 Å². The van der Waals surface area contributed by atoms with Crippen LogP contribution in [0.25, 0.3) is 0 Å². The van der Waals surface area contributed by atoms with Crippen molar-refractivity contribution in [2.45, 2.75) is 69.9 Å². The van der Waals surface area contributed by atoms with Gasteiger partial charge in [-0.2, -0.15) is 0 Å². The van der Waals surface area contributed by atoms with Crippen LogP contribution in [0.2, 0.25) is 0 Å². The van der Waals surface area contributed by atoms with Crippen LogP contribution in [0.5, 0.6) is 0 Å². The summed E-state index contributed by atoms with van der Waals surface area (Å²) in [6.07, 6.45) is 6.32. The van der Waals surface area contributed by atoms with Crippen molar-refractivity contribution >= 4 is 11.8 Å². The Morgan fingerprint density at radius 2 is 2.00 bits per heavy atom. The highest BCUT2D eigenvalue weighted by molar-refractivity contribution is 5.93. The smallest absolute Gasteiger partial charge is 0.248 e. The number of methoxy groups -OCH3 is 1.